The molecule has 1 fully saturated rings. The highest BCUT2D eigenvalue weighted by molar-refractivity contribution is 5.85. The Labute approximate surface area is 154 Å². The van der Waals surface area contributed by atoms with Gasteiger partial charge in [0.2, 0.25) is 0 Å². The van der Waals surface area contributed by atoms with Crippen LogP contribution in [0.4, 0.5) is 0 Å². The van der Waals surface area contributed by atoms with Crippen LogP contribution in [0.25, 0.3) is 10.8 Å². The van der Waals surface area contributed by atoms with E-state index >= 15 is 0 Å². The Kier molecular flexibility index (Phi) is 5.56. The second kappa shape index (κ2) is 7.70. The Balaban J connectivity index is 1.79. The summed E-state index contributed by atoms with van der Waals surface area (Å²) in [5.74, 6) is 1.31. The van der Waals surface area contributed by atoms with Crippen molar-refractivity contribution in [2.45, 2.75) is 64.5 Å². The number of hydrogen-bond acceptors (Lipinski definition) is 4. The van der Waals surface area contributed by atoms with Gasteiger partial charge in [-0.25, -0.2) is 0 Å². The topological polar surface area (TPSA) is 77.3 Å². The minimum Gasteiger partial charge on any atom is -0.493 e. The number of benzene rings is 1. The summed E-state index contributed by atoms with van der Waals surface area (Å²) < 4.78 is 11.8. The third kappa shape index (κ3) is 3.45. The normalized spacial score (nSPS) is 24.4. The number of ether oxygens (including phenoxy) is 2. The average molecular weight is 358 g/mol. The lowest BCUT2D eigenvalue weighted by Crippen LogP contribution is -2.45. The quantitative estimate of drug-likeness (QED) is 0.818. The molecule has 1 saturated carbocycles. The van der Waals surface area contributed by atoms with E-state index in [0.717, 1.165) is 43.9 Å². The van der Waals surface area contributed by atoms with Crippen LogP contribution >= 0.6 is 0 Å². The summed E-state index contributed by atoms with van der Waals surface area (Å²) >= 11 is 0. The van der Waals surface area contributed by atoms with E-state index < -0.39 is 0 Å². The number of rotatable bonds is 6. The van der Waals surface area contributed by atoms with Gasteiger partial charge in [-0.1, -0.05) is 13.8 Å². The number of hydrogen-bond donors (Lipinski definition) is 2. The standard InChI is InChI=1S/C21H30N2O3/c1-4-19(22)21(5-2)9-6-15(7-10-21)26-18-12-14-8-11-23-20(24)16(14)13-17(18)25-3/h8,11-13,15,19H,4-7,9-10,22H2,1-3H3,(H,23,24)/t15-,19-,21-/m1/s1. The second-order valence-electron chi connectivity index (χ2n) is 7.44. The van der Waals surface area contributed by atoms with E-state index in [4.69, 9.17) is 15.2 Å². The van der Waals surface area contributed by atoms with Crippen LogP contribution in [0.5, 0.6) is 11.5 Å². The number of H-pyrrole nitrogens is 1. The molecule has 26 heavy (non-hydrogen) atoms. The summed E-state index contributed by atoms with van der Waals surface area (Å²) in [7, 11) is 1.61. The monoisotopic (exact) mass is 358 g/mol. The average Bonchev–Trinajstić information content (AvgIpc) is 2.68. The molecule has 2 aromatic rings. The fraction of sp³-hybridized carbons (Fsp3) is 0.571. The predicted molar refractivity (Wildman–Crippen MR) is 105 cm³/mol. The lowest BCUT2D eigenvalue weighted by Gasteiger charge is -2.43. The van der Waals surface area contributed by atoms with Gasteiger partial charge in [-0.3, -0.25) is 4.79 Å². The summed E-state index contributed by atoms with van der Waals surface area (Å²) in [6.45, 7) is 4.42. The molecule has 0 bridgehead atoms. The first-order valence-electron chi connectivity index (χ1n) is 9.64. The molecular weight excluding hydrogens is 328 g/mol. The van der Waals surface area contributed by atoms with Crippen LogP contribution in [0.15, 0.2) is 29.2 Å². The van der Waals surface area contributed by atoms with Crippen LogP contribution in [0.2, 0.25) is 0 Å². The summed E-state index contributed by atoms with van der Waals surface area (Å²) in [5, 5.41) is 1.47. The summed E-state index contributed by atoms with van der Waals surface area (Å²) in [5.41, 5.74) is 6.55. The first-order valence-corrected chi connectivity index (χ1v) is 9.64. The summed E-state index contributed by atoms with van der Waals surface area (Å²) in [4.78, 5) is 14.7. The van der Waals surface area contributed by atoms with E-state index in [1.54, 1.807) is 19.4 Å². The highest BCUT2D eigenvalue weighted by Crippen LogP contribution is 2.44. The van der Waals surface area contributed by atoms with Crippen molar-refractivity contribution in [3.05, 3.63) is 34.7 Å². The molecule has 1 heterocycles. The molecule has 1 aliphatic carbocycles. The first-order chi connectivity index (χ1) is 12.5. The minimum atomic E-state index is -0.119. The molecule has 142 valence electrons. The molecule has 0 aliphatic heterocycles. The van der Waals surface area contributed by atoms with E-state index in [1.807, 2.05) is 12.1 Å². The number of pyridine rings is 1. The van der Waals surface area contributed by atoms with Crippen molar-refractivity contribution < 1.29 is 9.47 Å². The van der Waals surface area contributed by atoms with Crippen LogP contribution < -0.4 is 20.8 Å². The van der Waals surface area contributed by atoms with Crippen molar-refractivity contribution >= 4 is 10.8 Å². The Morgan fingerprint density at radius 2 is 2.00 bits per heavy atom. The third-order valence-electron chi connectivity index (χ3n) is 6.21. The molecule has 0 radical (unpaired) electrons. The molecule has 1 aromatic heterocycles. The van der Waals surface area contributed by atoms with E-state index in [0.29, 0.717) is 16.9 Å². The van der Waals surface area contributed by atoms with Crippen molar-refractivity contribution in [1.82, 2.24) is 4.98 Å². The zero-order valence-electron chi connectivity index (χ0n) is 16.0. The maximum atomic E-state index is 12.0. The number of fused-ring (bicyclic) bond motifs is 1. The molecule has 1 aromatic carbocycles. The number of aromatic amines is 1. The molecule has 1 atom stereocenters. The van der Waals surface area contributed by atoms with E-state index in [2.05, 4.69) is 18.8 Å². The van der Waals surface area contributed by atoms with Gasteiger partial charge >= 0.3 is 0 Å². The molecule has 5 heteroatoms. The smallest absolute Gasteiger partial charge is 0.255 e. The van der Waals surface area contributed by atoms with Gasteiger partial charge in [0.05, 0.1) is 18.6 Å². The minimum absolute atomic E-state index is 0.119. The maximum absolute atomic E-state index is 12.0. The maximum Gasteiger partial charge on any atom is 0.255 e. The number of nitrogens with one attached hydrogen (secondary N) is 1. The van der Waals surface area contributed by atoms with Crippen LogP contribution in [0, 0.1) is 5.41 Å². The van der Waals surface area contributed by atoms with Crippen LogP contribution in [-0.2, 0) is 0 Å². The molecule has 3 rings (SSSR count). The van der Waals surface area contributed by atoms with Gasteiger partial charge in [0.25, 0.3) is 5.56 Å². The Morgan fingerprint density at radius 3 is 2.62 bits per heavy atom. The zero-order chi connectivity index (χ0) is 18.7. The highest BCUT2D eigenvalue weighted by Gasteiger charge is 2.38. The van der Waals surface area contributed by atoms with Crippen molar-refractivity contribution in [3.8, 4) is 11.5 Å². The van der Waals surface area contributed by atoms with Crippen LogP contribution in [-0.4, -0.2) is 24.2 Å². The van der Waals surface area contributed by atoms with Crippen LogP contribution in [0.3, 0.4) is 0 Å². The number of aromatic nitrogens is 1. The Morgan fingerprint density at radius 1 is 1.27 bits per heavy atom. The molecule has 0 saturated heterocycles. The fourth-order valence-electron chi connectivity index (χ4n) is 4.33. The first kappa shape index (κ1) is 18.8. The molecule has 0 unspecified atom stereocenters. The van der Waals surface area contributed by atoms with Gasteiger partial charge in [0, 0.05) is 12.2 Å². The fourth-order valence-corrected chi connectivity index (χ4v) is 4.33. The lowest BCUT2D eigenvalue weighted by atomic mass is 9.66. The Bertz CT molecular complexity index is 806. The second-order valence-corrected chi connectivity index (χ2v) is 7.44. The summed E-state index contributed by atoms with van der Waals surface area (Å²) in [6.07, 6.45) is 8.15. The largest absolute Gasteiger partial charge is 0.493 e. The van der Waals surface area contributed by atoms with Crippen molar-refractivity contribution in [3.63, 3.8) is 0 Å². The van der Waals surface area contributed by atoms with Crippen molar-refractivity contribution in [1.29, 1.82) is 0 Å². The van der Waals surface area contributed by atoms with E-state index in [1.165, 1.54) is 0 Å². The molecule has 0 spiro atoms. The third-order valence-corrected chi connectivity index (χ3v) is 6.21. The van der Waals surface area contributed by atoms with E-state index in [9.17, 15) is 4.79 Å². The molecule has 0 amide bonds. The summed E-state index contributed by atoms with van der Waals surface area (Å²) in [6, 6.07) is 5.81. The number of methoxy groups -OCH3 is 1. The molecular formula is C21H30N2O3. The molecule has 1 aliphatic rings. The highest BCUT2D eigenvalue weighted by atomic mass is 16.5. The van der Waals surface area contributed by atoms with Crippen molar-refractivity contribution in [2.75, 3.05) is 7.11 Å². The van der Waals surface area contributed by atoms with Gasteiger partial charge < -0.3 is 20.2 Å². The van der Waals surface area contributed by atoms with Crippen molar-refractivity contribution in [2.24, 2.45) is 11.1 Å². The number of nitrogens with two attached hydrogens (primary N) is 1. The molecule has 5 nitrogen and oxygen atoms in total. The zero-order valence-corrected chi connectivity index (χ0v) is 16.0. The predicted octanol–water partition coefficient (Wildman–Crippen LogP) is 3.99. The van der Waals surface area contributed by atoms with Gasteiger partial charge in [-0.2, -0.15) is 0 Å². The Hall–Kier alpha value is -2.01. The SMILES string of the molecule is CC[C@@H](N)[C@]1(CC)CC[C@@H](Oc2cc3cc[nH]c(=O)c3cc2OC)CC1. The lowest BCUT2D eigenvalue weighted by molar-refractivity contribution is 0.0554. The van der Waals surface area contributed by atoms with Gasteiger partial charge in [-0.15, -0.1) is 0 Å². The van der Waals surface area contributed by atoms with Crippen LogP contribution in [0.1, 0.15) is 52.4 Å². The van der Waals surface area contributed by atoms with E-state index in [-0.39, 0.29) is 23.1 Å². The molecule has 3 N–H and O–H groups in total. The van der Waals surface area contributed by atoms with Gasteiger partial charge in [-0.05, 0) is 67.5 Å². The van der Waals surface area contributed by atoms with Gasteiger partial charge in [0.15, 0.2) is 11.5 Å². The van der Waals surface area contributed by atoms with Gasteiger partial charge in [0.1, 0.15) is 0 Å².